The summed E-state index contributed by atoms with van der Waals surface area (Å²) in [5, 5.41) is 16.4. The molecule has 2 heteroatoms. The van der Waals surface area contributed by atoms with Gasteiger partial charge in [0, 0.05) is 5.56 Å². The highest BCUT2D eigenvalue weighted by atomic mass is 15.2. The van der Waals surface area contributed by atoms with Gasteiger partial charge in [-0.1, -0.05) is 84.9 Å². The van der Waals surface area contributed by atoms with Gasteiger partial charge in [0.15, 0.2) is 0 Å². The Balaban J connectivity index is 1.63. The minimum Gasteiger partial charge on any atom is -0.158 e. The predicted octanol–water partition coefficient (Wildman–Crippen LogP) is 6.43. The van der Waals surface area contributed by atoms with Crippen LogP contribution < -0.4 is 0 Å². The van der Waals surface area contributed by atoms with Crippen molar-refractivity contribution in [3.8, 4) is 0 Å². The van der Waals surface area contributed by atoms with Crippen molar-refractivity contribution in [2.24, 2.45) is 10.2 Å². The van der Waals surface area contributed by atoms with Gasteiger partial charge >= 0.3 is 0 Å². The largest absolute Gasteiger partial charge is 0.158 e. The lowest BCUT2D eigenvalue weighted by molar-refractivity contribution is 1.24. The summed E-state index contributed by atoms with van der Waals surface area (Å²) in [6, 6.07) is 29.7. The summed E-state index contributed by atoms with van der Waals surface area (Å²) in [7, 11) is 0. The van der Waals surface area contributed by atoms with Crippen molar-refractivity contribution in [2.75, 3.05) is 0 Å². The number of benzene rings is 5. The van der Waals surface area contributed by atoms with Gasteiger partial charge < -0.3 is 0 Å². The lowest BCUT2D eigenvalue weighted by atomic mass is 9.92. The minimum atomic E-state index is 0.907. The van der Waals surface area contributed by atoms with E-state index in [1.165, 1.54) is 32.3 Å². The number of rotatable bonds is 3. The van der Waals surface area contributed by atoms with Crippen LogP contribution in [0.5, 0.6) is 0 Å². The number of hydrogen-bond acceptors (Lipinski definition) is 2. The van der Waals surface area contributed by atoms with Crippen LogP contribution in [0.2, 0.25) is 0 Å². The van der Waals surface area contributed by atoms with Crippen molar-refractivity contribution in [1.82, 2.24) is 0 Å². The molecule has 0 unspecified atom stereocenters. The van der Waals surface area contributed by atoms with Crippen LogP contribution in [-0.4, -0.2) is 11.9 Å². The molecule has 0 bridgehead atoms. The zero-order valence-electron chi connectivity index (χ0n) is 15.1. The molecule has 0 spiro atoms. The summed E-state index contributed by atoms with van der Waals surface area (Å²) >= 11 is 0. The third-order valence-corrected chi connectivity index (χ3v) is 5.16. The van der Waals surface area contributed by atoms with Crippen LogP contribution in [0.3, 0.4) is 0 Å². The van der Waals surface area contributed by atoms with Gasteiger partial charge in [-0.25, -0.2) is 0 Å². The van der Waals surface area contributed by atoms with Crippen LogP contribution in [0.4, 0.5) is 0 Å². The molecule has 0 aliphatic rings. The van der Waals surface area contributed by atoms with E-state index in [4.69, 9.17) is 0 Å². The Bertz CT molecular complexity index is 1300. The first-order valence-corrected chi connectivity index (χ1v) is 9.11. The smallest absolute Gasteiger partial charge is 0.0671 e. The van der Waals surface area contributed by atoms with Gasteiger partial charge in [-0.05, 0) is 44.8 Å². The molecule has 2 nitrogen and oxygen atoms in total. The summed E-state index contributed by atoms with van der Waals surface area (Å²) < 4.78 is 0. The monoisotopic (exact) mass is 346 g/mol. The fourth-order valence-corrected chi connectivity index (χ4v) is 3.79. The van der Waals surface area contributed by atoms with E-state index < -0.39 is 0 Å². The van der Waals surface area contributed by atoms with Crippen LogP contribution in [0.1, 0.15) is 18.1 Å². The van der Waals surface area contributed by atoms with Gasteiger partial charge in [0.05, 0.1) is 11.9 Å². The van der Waals surface area contributed by atoms with E-state index in [0.29, 0.717) is 0 Å². The predicted molar refractivity (Wildman–Crippen MR) is 116 cm³/mol. The topological polar surface area (TPSA) is 24.7 Å². The summed E-state index contributed by atoms with van der Waals surface area (Å²) in [5.41, 5.74) is 3.08. The Morgan fingerprint density at radius 2 is 1.33 bits per heavy atom. The van der Waals surface area contributed by atoms with E-state index in [1.807, 2.05) is 43.5 Å². The van der Waals surface area contributed by atoms with Crippen molar-refractivity contribution < 1.29 is 0 Å². The van der Waals surface area contributed by atoms with Gasteiger partial charge in [0.1, 0.15) is 0 Å². The summed E-state index contributed by atoms with van der Waals surface area (Å²) in [5.74, 6) is 0. The van der Waals surface area contributed by atoms with E-state index in [2.05, 4.69) is 64.8 Å². The van der Waals surface area contributed by atoms with Crippen LogP contribution >= 0.6 is 0 Å². The van der Waals surface area contributed by atoms with E-state index in [1.54, 1.807) is 0 Å². The lowest BCUT2D eigenvalue weighted by Crippen LogP contribution is -1.93. The summed E-state index contributed by atoms with van der Waals surface area (Å²) in [6.45, 7) is 1.98. The van der Waals surface area contributed by atoms with Crippen LogP contribution in [0, 0.1) is 0 Å². The molecule has 0 aliphatic carbocycles. The Hall–Kier alpha value is -3.52. The zero-order chi connectivity index (χ0) is 18.2. The zero-order valence-corrected chi connectivity index (χ0v) is 15.1. The van der Waals surface area contributed by atoms with Gasteiger partial charge in [-0.15, -0.1) is 0 Å². The maximum atomic E-state index is 4.38. The molecule has 27 heavy (non-hydrogen) atoms. The van der Waals surface area contributed by atoms with Crippen molar-refractivity contribution >= 4 is 44.2 Å². The van der Waals surface area contributed by atoms with Crippen LogP contribution in [-0.2, 0) is 0 Å². The highest BCUT2D eigenvalue weighted by molar-refractivity contribution is 6.25. The van der Waals surface area contributed by atoms with Crippen LogP contribution in [0.25, 0.3) is 32.3 Å². The Labute approximate surface area is 157 Å². The fraction of sp³-hybridized carbons (Fsp3) is 0.0400. The van der Waals surface area contributed by atoms with E-state index in [0.717, 1.165) is 16.8 Å². The molecule has 0 N–H and O–H groups in total. The average Bonchev–Trinajstić information content (AvgIpc) is 2.73. The lowest BCUT2D eigenvalue weighted by Gasteiger charge is -2.11. The van der Waals surface area contributed by atoms with Gasteiger partial charge in [-0.3, -0.25) is 0 Å². The molecule has 0 amide bonds. The fourth-order valence-electron chi connectivity index (χ4n) is 3.79. The second-order valence-electron chi connectivity index (χ2n) is 6.81. The molecule has 0 aliphatic heterocycles. The molecule has 5 aromatic rings. The summed E-state index contributed by atoms with van der Waals surface area (Å²) in [6.07, 6.45) is 1.86. The van der Waals surface area contributed by atoms with Gasteiger partial charge in [0.25, 0.3) is 0 Å². The molecular weight excluding hydrogens is 328 g/mol. The van der Waals surface area contributed by atoms with Crippen molar-refractivity contribution in [3.05, 3.63) is 96.1 Å². The van der Waals surface area contributed by atoms with Gasteiger partial charge in [-0.2, -0.15) is 10.2 Å². The molecular formula is C25H18N2. The molecule has 0 aromatic heterocycles. The molecule has 5 aromatic carbocycles. The first-order chi connectivity index (χ1) is 13.3. The molecule has 0 saturated heterocycles. The molecule has 128 valence electrons. The molecule has 0 fully saturated rings. The second kappa shape index (κ2) is 6.33. The number of hydrogen-bond donors (Lipinski definition) is 0. The molecule has 0 saturated carbocycles. The Kier molecular flexibility index (Phi) is 3.68. The molecule has 0 atom stereocenters. The minimum absolute atomic E-state index is 0.907. The third-order valence-electron chi connectivity index (χ3n) is 5.16. The standard InChI is InChI=1S/C25H18N2/c1-17(18-6-3-2-4-7-18)27-26-16-22-13-12-21-11-10-19-8-5-9-20-14-15-23(22)25(21)24(19)20/h2-16H,1H3/b26-16+,27-17+. The van der Waals surface area contributed by atoms with E-state index >= 15 is 0 Å². The van der Waals surface area contributed by atoms with E-state index in [-0.39, 0.29) is 0 Å². The average molecular weight is 346 g/mol. The Morgan fingerprint density at radius 1 is 0.667 bits per heavy atom. The van der Waals surface area contributed by atoms with Gasteiger partial charge in [0.2, 0.25) is 0 Å². The highest BCUT2D eigenvalue weighted by Crippen LogP contribution is 2.35. The van der Waals surface area contributed by atoms with Crippen molar-refractivity contribution in [1.29, 1.82) is 0 Å². The number of nitrogens with zero attached hydrogens (tertiary/aromatic N) is 2. The van der Waals surface area contributed by atoms with Crippen LogP contribution in [0.15, 0.2) is 95.1 Å². The highest BCUT2D eigenvalue weighted by Gasteiger charge is 2.09. The maximum Gasteiger partial charge on any atom is 0.0671 e. The Morgan fingerprint density at radius 3 is 2.11 bits per heavy atom. The van der Waals surface area contributed by atoms with Crippen molar-refractivity contribution in [3.63, 3.8) is 0 Å². The SMILES string of the molecule is C/C(=N\N=C\c1ccc2ccc3cccc4ccc1c2c34)c1ccccc1. The normalized spacial score (nSPS) is 12.7. The maximum absolute atomic E-state index is 4.38. The molecule has 0 heterocycles. The summed E-state index contributed by atoms with van der Waals surface area (Å²) in [4.78, 5) is 0. The van der Waals surface area contributed by atoms with E-state index in [9.17, 15) is 0 Å². The first-order valence-electron chi connectivity index (χ1n) is 9.11. The quantitative estimate of drug-likeness (QED) is 0.204. The molecule has 0 radical (unpaired) electrons. The molecule has 5 rings (SSSR count). The third kappa shape index (κ3) is 2.67. The first kappa shape index (κ1) is 15.7. The second-order valence-corrected chi connectivity index (χ2v) is 6.81. The van der Waals surface area contributed by atoms with Crippen molar-refractivity contribution in [2.45, 2.75) is 6.92 Å².